The number of hydrogen-bond donors (Lipinski definition) is 0. The summed E-state index contributed by atoms with van der Waals surface area (Å²) >= 11 is 0. The monoisotopic (exact) mass is 820 g/mol. The summed E-state index contributed by atoms with van der Waals surface area (Å²) in [4.78, 5) is 8.74. The minimum absolute atomic E-state index is 0. The van der Waals surface area contributed by atoms with E-state index in [1.54, 1.807) is 18.3 Å². The van der Waals surface area contributed by atoms with Gasteiger partial charge >= 0.3 is 0 Å². The molecule has 0 saturated carbocycles. The number of benzene rings is 5. The van der Waals surface area contributed by atoms with Crippen LogP contribution in [0.3, 0.4) is 0 Å². The SMILES string of the molecule is [2H]C([2H])([2H])c1c[c-]c(-c2ccc(C([2H])([2H])[2H])cn2)cc1.[2H]C([2H])(c1ccc(-c2[c-]cc3ccc4c(c3c2)c2cccc3c5ccccc5n4c32)nc1)C(C)(C)C.[Ir]. The fourth-order valence-electron chi connectivity index (χ4n) is 6.53. The van der Waals surface area contributed by atoms with Crippen molar-refractivity contribution in [1.82, 2.24) is 14.4 Å². The van der Waals surface area contributed by atoms with Gasteiger partial charge in [-0.3, -0.25) is 0 Å². The van der Waals surface area contributed by atoms with Crippen LogP contribution in [0.2, 0.25) is 0 Å². The predicted molar refractivity (Wildman–Crippen MR) is 202 cm³/mol. The molecule has 49 heavy (non-hydrogen) atoms. The molecule has 4 heterocycles. The van der Waals surface area contributed by atoms with Crippen molar-refractivity contribution in [2.75, 3.05) is 0 Å². The minimum atomic E-state index is -2.18. The van der Waals surface area contributed by atoms with Gasteiger partial charge in [-0.25, -0.2) is 0 Å². The van der Waals surface area contributed by atoms with Gasteiger partial charge in [0, 0.05) is 59.6 Å². The first-order chi connectivity index (χ1) is 26.4. The van der Waals surface area contributed by atoms with Crippen LogP contribution >= 0.6 is 0 Å². The maximum absolute atomic E-state index is 8.56. The molecule has 243 valence electrons. The van der Waals surface area contributed by atoms with E-state index in [1.807, 2.05) is 39.0 Å². The van der Waals surface area contributed by atoms with E-state index in [-0.39, 0.29) is 31.2 Å². The van der Waals surface area contributed by atoms with Crippen molar-refractivity contribution in [3.8, 4) is 22.5 Å². The number of para-hydroxylation sites is 2. The molecule has 0 unspecified atom stereocenters. The van der Waals surface area contributed by atoms with Crippen LogP contribution in [0, 0.1) is 31.3 Å². The number of fused-ring (bicyclic) bond motifs is 8. The standard InChI is InChI=1S/C32H25N2.C13H12N.Ir/c1-32(2,3)18-20-11-15-27(33-19-20)22-13-12-21-14-16-29-30(26(21)17-22)25-9-6-8-24-23-7-4-5-10-28(23)34(29)31(24)25;1-10-3-6-12(7-4-10)13-8-5-11(2)9-14-13;/h4-12,14-17,19H,18H2,1-3H3;3-6,8-9H,1-2H3;/q2*-1;/i18D2;1D3,2D3;. The molecule has 9 aromatic rings. The molecule has 5 aromatic carbocycles. The van der Waals surface area contributed by atoms with Crippen molar-refractivity contribution in [1.29, 1.82) is 0 Å². The maximum atomic E-state index is 8.56. The summed E-state index contributed by atoms with van der Waals surface area (Å²) < 4.78 is 63.2. The number of rotatable bonds is 3. The average Bonchev–Trinajstić information content (AvgIpc) is 3.70. The number of nitrogens with zero attached hydrogens (tertiary/aromatic N) is 3. The van der Waals surface area contributed by atoms with E-state index < -0.39 is 25.5 Å². The molecule has 0 atom stereocenters. The Morgan fingerprint density at radius 3 is 2.14 bits per heavy atom. The second kappa shape index (κ2) is 12.9. The molecule has 0 aliphatic carbocycles. The fraction of sp³-hybridized carbons (Fsp3) is 0.156. The molecule has 0 saturated heterocycles. The van der Waals surface area contributed by atoms with E-state index in [1.165, 1.54) is 67.9 Å². The second-order valence-corrected chi connectivity index (χ2v) is 13.1. The third kappa shape index (κ3) is 6.12. The number of aryl methyl sites for hydroxylation is 2. The molecule has 0 spiro atoms. The Morgan fingerprint density at radius 1 is 0.673 bits per heavy atom. The summed E-state index contributed by atoms with van der Waals surface area (Å²) in [5.74, 6) is 0. The Bertz CT molecular complexity index is 2820. The minimum Gasteiger partial charge on any atom is -0.308 e. The third-order valence-corrected chi connectivity index (χ3v) is 8.55. The molecule has 1 radical (unpaired) electrons. The van der Waals surface area contributed by atoms with Gasteiger partial charge in [0.05, 0.1) is 16.6 Å². The molecule has 0 bridgehead atoms. The van der Waals surface area contributed by atoms with E-state index in [2.05, 4.69) is 87.2 Å². The quantitative estimate of drug-likeness (QED) is 0.166. The van der Waals surface area contributed by atoms with Crippen molar-refractivity contribution in [2.24, 2.45) is 5.41 Å². The van der Waals surface area contributed by atoms with E-state index >= 15 is 0 Å². The van der Waals surface area contributed by atoms with Gasteiger partial charge in [0.25, 0.3) is 0 Å². The van der Waals surface area contributed by atoms with Crippen molar-refractivity contribution in [2.45, 2.75) is 40.8 Å². The van der Waals surface area contributed by atoms with Crippen LogP contribution in [-0.2, 0) is 26.5 Å². The average molecular weight is 820 g/mol. The van der Waals surface area contributed by atoms with E-state index in [4.69, 9.17) is 11.0 Å². The molecule has 0 aliphatic rings. The molecular formula is C45H37IrN3-2. The molecule has 4 aromatic heterocycles. The summed E-state index contributed by atoms with van der Waals surface area (Å²) in [6, 6.07) is 41.5. The zero-order valence-corrected chi connectivity index (χ0v) is 29.6. The smallest absolute Gasteiger partial charge is 0.0620 e. The Balaban J connectivity index is 0.000000202. The summed E-state index contributed by atoms with van der Waals surface area (Å²) in [7, 11) is 0. The molecular weight excluding hydrogens is 775 g/mol. The van der Waals surface area contributed by atoms with Gasteiger partial charge in [-0.2, -0.15) is 0 Å². The van der Waals surface area contributed by atoms with Crippen LogP contribution in [0.1, 0.15) is 48.4 Å². The summed E-state index contributed by atoms with van der Waals surface area (Å²) in [6.45, 7) is 1.41. The number of hydrogen-bond acceptors (Lipinski definition) is 2. The van der Waals surface area contributed by atoms with Crippen LogP contribution in [0.4, 0.5) is 0 Å². The van der Waals surface area contributed by atoms with Gasteiger partial charge < -0.3 is 14.4 Å². The Kier molecular flexibility index (Phi) is 6.37. The predicted octanol–water partition coefficient (Wildman–Crippen LogP) is 11.6. The van der Waals surface area contributed by atoms with Crippen molar-refractivity contribution in [3.63, 3.8) is 0 Å². The first-order valence-corrected chi connectivity index (χ1v) is 15.9. The fourth-order valence-corrected chi connectivity index (χ4v) is 6.53. The largest absolute Gasteiger partial charge is 0.308 e. The van der Waals surface area contributed by atoms with Crippen LogP contribution in [0.5, 0.6) is 0 Å². The summed E-state index contributed by atoms with van der Waals surface area (Å²) in [5, 5.41) is 7.38. The summed E-state index contributed by atoms with van der Waals surface area (Å²) in [6.07, 6.45) is 1.50. The van der Waals surface area contributed by atoms with E-state index in [9.17, 15) is 0 Å². The third-order valence-electron chi connectivity index (χ3n) is 8.55. The van der Waals surface area contributed by atoms with Gasteiger partial charge in [-0.1, -0.05) is 105 Å². The van der Waals surface area contributed by atoms with Gasteiger partial charge in [0.2, 0.25) is 0 Å². The number of pyridine rings is 2. The van der Waals surface area contributed by atoms with Crippen LogP contribution < -0.4 is 0 Å². The van der Waals surface area contributed by atoms with Gasteiger partial charge in [0.15, 0.2) is 0 Å². The molecule has 0 amide bonds. The van der Waals surface area contributed by atoms with Gasteiger partial charge in [0.1, 0.15) is 0 Å². The Hall–Kier alpha value is -4.89. The van der Waals surface area contributed by atoms with Gasteiger partial charge in [-0.05, 0) is 58.7 Å². The molecule has 0 N–H and O–H groups in total. The molecule has 3 nitrogen and oxygen atoms in total. The number of aromatic nitrogens is 3. The van der Waals surface area contributed by atoms with E-state index in [0.717, 1.165) is 16.6 Å². The van der Waals surface area contributed by atoms with Crippen LogP contribution in [-0.4, -0.2) is 14.4 Å². The first-order valence-electron chi connectivity index (χ1n) is 19.9. The van der Waals surface area contributed by atoms with Crippen molar-refractivity contribution < 1.29 is 31.1 Å². The van der Waals surface area contributed by atoms with Crippen LogP contribution in [0.25, 0.3) is 71.4 Å². The zero-order valence-electron chi connectivity index (χ0n) is 35.2. The zero-order chi connectivity index (χ0) is 39.8. The van der Waals surface area contributed by atoms with Crippen molar-refractivity contribution in [3.05, 3.63) is 150 Å². The molecule has 0 aliphatic heterocycles. The molecule has 4 heteroatoms. The van der Waals surface area contributed by atoms with Crippen LogP contribution in [0.15, 0.2) is 122 Å². The molecule has 0 fully saturated rings. The van der Waals surface area contributed by atoms with Gasteiger partial charge in [-0.15, -0.1) is 59.2 Å². The molecule has 9 rings (SSSR count). The first kappa shape index (κ1) is 24.3. The summed E-state index contributed by atoms with van der Waals surface area (Å²) in [5.41, 5.74) is 7.02. The Labute approximate surface area is 312 Å². The van der Waals surface area contributed by atoms with Crippen molar-refractivity contribution >= 4 is 48.9 Å². The second-order valence-electron chi connectivity index (χ2n) is 13.1. The maximum Gasteiger partial charge on any atom is 0.0620 e. The topological polar surface area (TPSA) is 30.2 Å². The Morgan fingerprint density at radius 2 is 1.41 bits per heavy atom. The van der Waals surface area contributed by atoms with E-state index in [0.29, 0.717) is 16.8 Å². The normalized spacial score (nSPS) is 14.9.